The van der Waals surface area contributed by atoms with Crippen molar-refractivity contribution in [2.45, 2.75) is 19.3 Å². The lowest BCUT2D eigenvalue weighted by Gasteiger charge is -2.25. The molecular weight excluding hydrogens is 785 g/mol. The Kier molecular flexibility index (Phi) is 9.21. The van der Waals surface area contributed by atoms with Crippen LogP contribution >= 0.6 is 0 Å². The Morgan fingerprint density at radius 1 is 0.400 bits per heavy atom. The van der Waals surface area contributed by atoms with Crippen molar-refractivity contribution in [1.82, 2.24) is 4.57 Å². The van der Waals surface area contributed by atoms with Gasteiger partial charge in [-0.3, -0.25) is 0 Å². The predicted molar refractivity (Wildman–Crippen MR) is 277 cm³/mol. The van der Waals surface area contributed by atoms with Gasteiger partial charge in [0.05, 0.1) is 11.0 Å². The number of para-hydroxylation sites is 3. The summed E-state index contributed by atoms with van der Waals surface area (Å²) in [6.07, 6.45) is 4.40. The van der Waals surface area contributed by atoms with E-state index in [2.05, 4.69) is 266 Å². The van der Waals surface area contributed by atoms with Crippen LogP contribution in [0.25, 0.3) is 83.8 Å². The van der Waals surface area contributed by atoms with Crippen molar-refractivity contribution >= 4 is 61.8 Å². The molecule has 0 bridgehead atoms. The van der Waals surface area contributed by atoms with Gasteiger partial charge in [-0.05, 0) is 139 Å². The van der Waals surface area contributed by atoms with Gasteiger partial charge in [-0.1, -0.05) is 184 Å². The van der Waals surface area contributed by atoms with E-state index in [0.29, 0.717) is 0 Å². The molecule has 0 radical (unpaired) electrons. The third kappa shape index (κ3) is 6.65. The monoisotopic (exact) mass is 830 g/mol. The number of benzene rings is 10. The molecule has 2 heteroatoms. The number of fused-ring (bicyclic) bond motifs is 8. The summed E-state index contributed by atoms with van der Waals surface area (Å²) in [7, 11) is 0. The van der Waals surface area contributed by atoms with Crippen LogP contribution in [0, 0.1) is 0 Å². The average Bonchev–Trinajstić information content (AvgIpc) is 3.82. The first-order chi connectivity index (χ1) is 32.0. The van der Waals surface area contributed by atoms with E-state index in [9.17, 15) is 0 Å². The van der Waals surface area contributed by atoms with Crippen molar-refractivity contribution in [1.29, 1.82) is 0 Å². The van der Waals surface area contributed by atoms with Gasteiger partial charge < -0.3 is 9.47 Å². The lowest BCUT2D eigenvalue weighted by atomic mass is 9.80. The average molecular weight is 831 g/mol. The van der Waals surface area contributed by atoms with E-state index in [4.69, 9.17) is 0 Å². The van der Waals surface area contributed by atoms with E-state index in [-0.39, 0.29) is 5.41 Å². The summed E-state index contributed by atoms with van der Waals surface area (Å²) in [5, 5.41) is 5.07. The molecule has 0 amide bonds. The summed E-state index contributed by atoms with van der Waals surface area (Å²) in [5.41, 5.74) is 19.5. The van der Waals surface area contributed by atoms with Crippen molar-refractivity contribution in [2.75, 3.05) is 4.90 Å². The van der Waals surface area contributed by atoms with Crippen molar-refractivity contribution in [3.63, 3.8) is 0 Å². The largest absolute Gasteiger partial charge is 0.311 e. The maximum atomic E-state index is 2.51. The number of aromatic nitrogens is 1. The molecule has 12 rings (SSSR count). The second-order valence-corrected chi connectivity index (χ2v) is 17.8. The van der Waals surface area contributed by atoms with E-state index >= 15 is 0 Å². The normalized spacial score (nSPS) is 12.8. The predicted octanol–water partition coefficient (Wildman–Crippen LogP) is 17.2. The maximum Gasteiger partial charge on any atom is 0.0588 e. The Balaban J connectivity index is 0.876. The van der Waals surface area contributed by atoms with Gasteiger partial charge in [0.25, 0.3) is 0 Å². The standard InChI is InChI=1S/C63H46N2/c1-63(2)59-42-50(48-31-30-45-14-12-13-15-47(45)40-48)32-36-55(59)56-37-38-57-58-41-49(33-39-60(58)65(62(57)61(56)63)53-20-10-5-11-21-53)46-28-24-43(25-29-46)22-23-44-26-34-54(35-27-44)64(51-16-6-3-7-17-51)52-18-8-4-9-19-52/h3-42H,1-2H3. The smallest absolute Gasteiger partial charge is 0.0588 e. The molecule has 0 N–H and O–H groups in total. The third-order valence-electron chi connectivity index (χ3n) is 13.5. The van der Waals surface area contributed by atoms with Gasteiger partial charge in [-0.25, -0.2) is 0 Å². The lowest BCUT2D eigenvalue weighted by Crippen LogP contribution is -2.16. The number of nitrogens with zero attached hydrogens (tertiary/aromatic N) is 2. The molecule has 0 spiro atoms. The first-order valence-corrected chi connectivity index (χ1v) is 22.6. The second-order valence-electron chi connectivity index (χ2n) is 17.8. The minimum absolute atomic E-state index is 0.225. The summed E-state index contributed by atoms with van der Waals surface area (Å²) in [6.45, 7) is 4.83. The number of hydrogen-bond acceptors (Lipinski definition) is 1. The summed E-state index contributed by atoms with van der Waals surface area (Å²) >= 11 is 0. The first-order valence-electron chi connectivity index (χ1n) is 22.6. The van der Waals surface area contributed by atoms with Crippen molar-refractivity contribution < 1.29 is 0 Å². The van der Waals surface area contributed by atoms with Crippen molar-refractivity contribution in [3.05, 3.63) is 253 Å². The van der Waals surface area contributed by atoms with Crippen LogP contribution in [0.15, 0.2) is 231 Å². The topological polar surface area (TPSA) is 8.17 Å². The van der Waals surface area contributed by atoms with Gasteiger partial charge in [0, 0.05) is 38.9 Å². The molecule has 1 heterocycles. The first kappa shape index (κ1) is 38.5. The number of anilines is 3. The van der Waals surface area contributed by atoms with Gasteiger partial charge in [-0.15, -0.1) is 0 Å². The van der Waals surface area contributed by atoms with Crippen LogP contribution in [0.1, 0.15) is 36.1 Å². The Morgan fingerprint density at radius 2 is 0.923 bits per heavy atom. The van der Waals surface area contributed by atoms with Crippen molar-refractivity contribution in [2.24, 2.45) is 0 Å². The Labute approximate surface area is 380 Å². The van der Waals surface area contributed by atoms with Crippen LogP contribution < -0.4 is 4.90 Å². The van der Waals surface area contributed by atoms with E-state index in [1.807, 2.05) is 0 Å². The fourth-order valence-electron chi connectivity index (χ4n) is 10.3. The highest BCUT2D eigenvalue weighted by atomic mass is 15.1. The zero-order chi connectivity index (χ0) is 43.5. The molecular formula is C63H46N2. The molecule has 0 saturated heterocycles. The Hall–Kier alpha value is -8.20. The lowest BCUT2D eigenvalue weighted by molar-refractivity contribution is 0.664. The quantitative estimate of drug-likeness (QED) is 0.139. The Morgan fingerprint density at radius 3 is 1.62 bits per heavy atom. The van der Waals surface area contributed by atoms with Crippen LogP contribution in [0.3, 0.4) is 0 Å². The maximum absolute atomic E-state index is 2.51. The molecule has 0 saturated carbocycles. The van der Waals surface area contributed by atoms with E-state index in [1.165, 1.54) is 82.8 Å². The number of hydrogen-bond donors (Lipinski definition) is 0. The summed E-state index contributed by atoms with van der Waals surface area (Å²) in [5.74, 6) is 0. The molecule has 308 valence electrons. The fraction of sp³-hybridized carbons (Fsp3) is 0.0476. The zero-order valence-electron chi connectivity index (χ0n) is 36.5. The minimum Gasteiger partial charge on any atom is -0.311 e. The molecule has 11 aromatic rings. The molecule has 2 nitrogen and oxygen atoms in total. The second kappa shape index (κ2) is 15.6. The molecule has 1 aromatic heterocycles. The van der Waals surface area contributed by atoms with E-state index < -0.39 is 0 Å². The summed E-state index contributed by atoms with van der Waals surface area (Å²) < 4.78 is 2.51. The molecule has 0 aliphatic heterocycles. The Bertz CT molecular complexity index is 3540. The SMILES string of the molecule is CC1(C)c2cc(-c3ccc4ccccc4c3)ccc2-c2ccc3c4cc(-c5ccc(C=Cc6ccc(N(c7ccccc7)c7ccccc7)cc6)cc5)ccc4n(-c4ccccc4)c3c21. The molecule has 0 fully saturated rings. The summed E-state index contributed by atoms with van der Waals surface area (Å²) in [4.78, 5) is 2.29. The van der Waals surface area contributed by atoms with Crippen LogP contribution in [0.5, 0.6) is 0 Å². The van der Waals surface area contributed by atoms with Gasteiger partial charge in [0.1, 0.15) is 0 Å². The highest BCUT2D eigenvalue weighted by Crippen LogP contribution is 2.54. The van der Waals surface area contributed by atoms with Crippen LogP contribution in [-0.4, -0.2) is 4.57 Å². The van der Waals surface area contributed by atoms with Gasteiger partial charge in [0.15, 0.2) is 0 Å². The van der Waals surface area contributed by atoms with Gasteiger partial charge in [0.2, 0.25) is 0 Å². The van der Waals surface area contributed by atoms with E-state index in [1.54, 1.807) is 0 Å². The molecule has 1 aliphatic carbocycles. The highest BCUT2D eigenvalue weighted by Gasteiger charge is 2.39. The third-order valence-corrected chi connectivity index (χ3v) is 13.5. The van der Waals surface area contributed by atoms with Crippen LogP contribution in [-0.2, 0) is 5.41 Å². The molecule has 10 aromatic carbocycles. The minimum atomic E-state index is -0.225. The van der Waals surface area contributed by atoms with E-state index in [0.717, 1.165) is 28.2 Å². The zero-order valence-corrected chi connectivity index (χ0v) is 36.5. The molecule has 65 heavy (non-hydrogen) atoms. The van der Waals surface area contributed by atoms with Gasteiger partial charge >= 0.3 is 0 Å². The molecule has 0 unspecified atom stereocenters. The summed E-state index contributed by atoms with van der Waals surface area (Å²) in [6, 6.07) is 84.0. The van der Waals surface area contributed by atoms with Crippen LogP contribution in [0.4, 0.5) is 17.1 Å². The number of rotatable bonds is 8. The van der Waals surface area contributed by atoms with Gasteiger partial charge in [-0.2, -0.15) is 0 Å². The van der Waals surface area contributed by atoms with Crippen molar-refractivity contribution in [3.8, 4) is 39.1 Å². The fourth-order valence-corrected chi connectivity index (χ4v) is 10.3. The molecule has 0 atom stereocenters. The highest BCUT2D eigenvalue weighted by molar-refractivity contribution is 6.14. The molecule has 1 aliphatic rings. The van der Waals surface area contributed by atoms with Crippen LogP contribution in [0.2, 0.25) is 0 Å².